The highest BCUT2D eigenvalue weighted by molar-refractivity contribution is 5.92. The second-order valence-corrected chi connectivity index (χ2v) is 12.6. The number of halogens is 3. The summed E-state index contributed by atoms with van der Waals surface area (Å²) in [6.45, 7) is 5.17. The number of hydrogen-bond donors (Lipinski definition) is 0. The van der Waals surface area contributed by atoms with Crippen molar-refractivity contribution < 1.29 is 46.4 Å². The van der Waals surface area contributed by atoms with Crippen molar-refractivity contribution in [3.63, 3.8) is 0 Å². The van der Waals surface area contributed by atoms with Crippen molar-refractivity contribution in [2.75, 3.05) is 13.2 Å². The Morgan fingerprint density at radius 1 is 0.660 bits per heavy atom. The van der Waals surface area contributed by atoms with Crippen LogP contribution < -0.4 is 9.47 Å². The van der Waals surface area contributed by atoms with E-state index in [1.54, 1.807) is 12.1 Å². The fourth-order valence-corrected chi connectivity index (χ4v) is 5.66. The summed E-state index contributed by atoms with van der Waals surface area (Å²) in [4.78, 5) is 25.5. The fraction of sp³-hybridized carbons (Fsp3) is 0.500. The summed E-state index contributed by atoms with van der Waals surface area (Å²) in [7, 11) is 0. The first kappa shape index (κ1) is 38.9. The molecule has 272 valence electrons. The molecular formula is C40H49F3O7. The average molecular weight is 699 g/mol. The molecular weight excluding hydrogens is 649 g/mol. The maximum Gasteiger partial charge on any atom is 0.418 e. The second-order valence-electron chi connectivity index (χ2n) is 12.6. The first-order chi connectivity index (χ1) is 24.2. The lowest BCUT2D eigenvalue weighted by Crippen LogP contribution is -2.50. The molecule has 1 saturated heterocycles. The number of unbranched alkanes of at least 4 members (excludes halogenated alkanes) is 8. The molecule has 1 fully saturated rings. The Bertz CT molecular complexity index is 1440. The lowest BCUT2D eigenvalue weighted by atomic mass is 10.0. The van der Waals surface area contributed by atoms with E-state index in [0.29, 0.717) is 25.2 Å². The first-order valence-electron chi connectivity index (χ1n) is 17.9. The largest absolute Gasteiger partial charge is 0.494 e. The number of rotatable bonds is 19. The van der Waals surface area contributed by atoms with Gasteiger partial charge in [0.15, 0.2) is 12.4 Å². The minimum atomic E-state index is -4.74. The van der Waals surface area contributed by atoms with Gasteiger partial charge in [-0.15, -0.1) is 0 Å². The predicted octanol–water partition coefficient (Wildman–Crippen LogP) is 10.5. The number of esters is 2. The highest BCUT2D eigenvalue weighted by Crippen LogP contribution is 2.35. The van der Waals surface area contributed by atoms with E-state index in [2.05, 4.69) is 6.92 Å². The van der Waals surface area contributed by atoms with E-state index >= 15 is 0 Å². The second kappa shape index (κ2) is 20.1. The van der Waals surface area contributed by atoms with Gasteiger partial charge in [-0.25, -0.2) is 9.59 Å². The Kier molecular flexibility index (Phi) is 15.6. The zero-order valence-electron chi connectivity index (χ0n) is 29.1. The molecule has 3 aromatic rings. The highest BCUT2D eigenvalue weighted by Gasteiger charge is 2.51. The zero-order chi connectivity index (χ0) is 35.8. The van der Waals surface area contributed by atoms with Crippen molar-refractivity contribution in [2.45, 2.75) is 116 Å². The minimum absolute atomic E-state index is 0.0148. The van der Waals surface area contributed by atoms with Crippen molar-refractivity contribution in [3.8, 4) is 22.6 Å². The van der Waals surface area contributed by atoms with Crippen molar-refractivity contribution >= 4 is 11.9 Å². The smallest absolute Gasteiger partial charge is 0.418 e. The standard InChI is InChI=1S/C40H49F3O7/c1-3-5-7-8-9-10-11-12-28-46-33-21-17-30(18-22-33)29-13-15-31(16-14-29)38(44)48-34-23-19-32(20-24-34)39(45)49-35-25-26-36(47-27-6-4-2)50-37(35)40(41,42)43/h13-24,35-37H,3-12,25-28H2,1-2H3/t35-,36+,37-/m1/s1. The van der Waals surface area contributed by atoms with Crippen LogP contribution in [0.3, 0.4) is 0 Å². The maximum absolute atomic E-state index is 13.7. The highest BCUT2D eigenvalue weighted by atomic mass is 19.4. The summed E-state index contributed by atoms with van der Waals surface area (Å²) in [5.74, 6) is -0.542. The molecule has 1 aliphatic rings. The summed E-state index contributed by atoms with van der Waals surface area (Å²) in [5, 5.41) is 0. The molecule has 0 aliphatic carbocycles. The summed E-state index contributed by atoms with van der Waals surface area (Å²) in [5.41, 5.74) is 2.25. The fourth-order valence-electron chi connectivity index (χ4n) is 5.66. The third kappa shape index (κ3) is 12.5. The van der Waals surface area contributed by atoms with E-state index in [-0.39, 0.29) is 24.2 Å². The van der Waals surface area contributed by atoms with Crippen LogP contribution in [0.4, 0.5) is 13.2 Å². The van der Waals surface area contributed by atoms with Crippen LogP contribution in [0.2, 0.25) is 0 Å². The van der Waals surface area contributed by atoms with Crippen molar-refractivity contribution in [1.29, 1.82) is 0 Å². The molecule has 0 amide bonds. The number of benzene rings is 3. The van der Waals surface area contributed by atoms with Crippen LogP contribution in [0.1, 0.15) is 112 Å². The molecule has 0 radical (unpaired) electrons. The quantitative estimate of drug-likeness (QED) is 0.0700. The van der Waals surface area contributed by atoms with Crippen LogP contribution >= 0.6 is 0 Å². The van der Waals surface area contributed by atoms with Gasteiger partial charge in [0.25, 0.3) is 0 Å². The van der Waals surface area contributed by atoms with Crippen LogP contribution in [0.15, 0.2) is 72.8 Å². The van der Waals surface area contributed by atoms with Gasteiger partial charge >= 0.3 is 18.1 Å². The normalized spacial score (nSPS) is 17.7. The molecule has 3 aromatic carbocycles. The van der Waals surface area contributed by atoms with Crippen LogP contribution in [0, 0.1) is 0 Å². The number of alkyl halides is 3. The minimum Gasteiger partial charge on any atom is -0.494 e. The van der Waals surface area contributed by atoms with Crippen LogP contribution in [-0.4, -0.2) is 49.8 Å². The average Bonchev–Trinajstić information content (AvgIpc) is 3.12. The van der Waals surface area contributed by atoms with E-state index < -0.39 is 36.6 Å². The molecule has 7 nitrogen and oxygen atoms in total. The van der Waals surface area contributed by atoms with E-state index in [4.69, 9.17) is 23.7 Å². The van der Waals surface area contributed by atoms with Gasteiger partial charge in [0.1, 0.15) is 17.6 Å². The number of carbonyl (C=O) groups excluding carboxylic acids is 2. The molecule has 0 unspecified atom stereocenters. The Hall–Kier alpha value is -3.89. The number of hydrogen-bond acceptors (Lipinski definition) is 7. The summed E-state index contributed by atoms with van der Waals surface area (Å²) >= 11 is 0. The Labute approximate surface area is 293 Å². The van der Waals surface area contributed by atoms with Gasteiger partial charge in [-0.3, -0.25) is 0 Å². The van der Waals surface area contributed by atoms with Crippen molar-refractivity contribution in [2.24, 2.45) is 0 Å². The van der Waals surface area contributed by atoms with Gasteiger partial charge in [-0.1, -0.05) is 89.5 Å². The molecule has 1 aliphatic heterocycles. The number of carbonyl (C=O) groups is 2. The molecule has 4 rings (SSSR count). The lowest BCUT2D eigenvalue weighted by molar-refractivity contribution is -0.311. The topological polar surface area (TPSA) is 80.3 Å². The molecule has 0 saturated carbocycles. The molecule has 0 aromatic heterocycles. The lowest BCUT2D eigenvalue weighted by Gasteiger charge is -2.36. The van der Waals surface area contributed by atoms with E-state index in [1.807, 2.05) is 43.3 Å². The van der Waals surface area contributed by atoms with Crippen LogP contribution in [0.25, 0.3) is 11.1 Å². The molecule has 0 spiro atoms. The van der Waals surface area contributed by atoms with Crippen molar-refractivity contribution in [3.05, 3.63) is 83.9 Å². The maximum atomic E-state index is 13.7. The first-order valence-corrected chi connectivity index (χ1v) is 17.9. The molecule has 0 N–H and O–H groups in total. The van der Waals surface area contributed by atoms with Gasteiger partial charge in [0.2, 0.25) is 0 Å². The SMILES string of the molecule is CCCCCCCCCCOc1ccc(-c2ccc(C(=O)Oc3ccc(C(=O)O[C@@H]4CC[C@@H](OCCCC)O[C@H]4C(F)(F)F)cc3)cc2)cc1. The van der Waals surface area contributed by atoms with Crippen LogP contribution in [-0.2, 0) is 14.2 Å². The Morgan fingerprint density at radius 3 is 1.82 bits per heavy atom. The summed E-state index contributed by atoms with van der Waals surface area (Å²) in [6, 6.07) is 20.3. The summed E-state index contributed by atoms with van der Waals surface area (Å²) < 4.78 is 68.3. The molecule has 0 bridgehead atoms. The number of ether oxygens (including phenoxy) is 5. The van der Waals surface area contributed by atoms with Crippen molar-refractivity contribution in [1.82, 2.24) is 0 Å². The van der Waals surface area contributed by atoms with Gasteiger partial charge < -0.3 is 23.7 Å². The molecule has 50 heavy (non-hydrogen) atoms. The van der Waals surface area contributed by atoms with Crippen LogP contribution in [0.5, 0.6) is 11.5 Å². The van der Waals surface area contributed by atoms with E-state index in [1.165, 1.54) is 69.2 Å². The third-order valence-electron chi connectivity index (χ3n) is 8.58. The molecule has 1 heterocycles. The Balaban J connectivity index is 1.22. The summed E-state index contributed by atoms with van der Waals surface area (Å²) in [6.07, 6.45) is 2.14. The molecule has 10 heteroatoms. The van der Waals surface area contributed by atoms with E-state index in [0.717, 1.165) is 29.7 Å². The van der Waals surface area contributed by atoms with Gasteiger partial charge in [0.05, 0.1) is 17.7 Å². The third-order valence-corrected chi connectivity index (χ3v) is 8.58. The van der Waals surface area contributed by atoms with Gasteiger partial charge in [0, 0.05) is 13.0 Å². The molecule has 3 atom stereocenters. The van der Waals surface area contributed by atoms with Gasteiger partial charge in [-0.2, -0.15) is 13.2 Å². The van der Waals surface area contributed by atoms with E-state index in [9.17, 15) is 22.8 Å². The Morgan fingerprint density at radius 2 is 1.20 bits per heavy atom. The monoisotopic (exact) mass is 698 g/mol. The van der Waals surface area contributed by atoms with Gasteiger partial charge in [-0.05, 0) is 78.9 Å². The predicted molar refractivity (Wildman–Crippen MR) is 185 cm³/mol. The zero-order valence-corrected chi connectivity index (χ0v) is 29.1.